The van der Waals surface area contributed by atoms with Crippen LogP contribution in [0.3, 0.4) is 0 Å². The van der Waals surface area contributed by atoms with Crippen LogP contribution in [0, 0.1) is 10.5 Å². The zero-order valence-electron chi connectivity index (χ0n) is 9.54. The largest absolute Gasteiger partial charge is 0.283 e. The Kier molecular flexibility index (Phi) is 6.02. The summed E-state index contributed by atoms with van der Waals surface area (Å²) in [5.74, 6) is 0.614. The van der Waals surface area contributed by atoms with Gasteiger partial charge in [-0.05, 0) is 66.1 Å². The van der Waals surface area contributed by atoms with E-state index in [1.807, 2.05) is 19.1 Å². The van der Waals surface area contributed by atoms with Crippen molar-refractivity contribution < 1.29 is 8.42 Å². The van der Waals surface area contributed by atoms with Gasteiger partial charge in [0.15, 0.2) is 0 Å². The summed E-state index contributed by atoms with van der Waals surface area (Å²) in [5, 5.41) is 0. The predicted molar refractivity (Wildman–Crippen MR) is 81.3 cm³/mol. The number of hydrogen-bond acceptors (Lipinski definition) is 2. The summed E-state index contributed by atoms with van der Waals surface area (Å²) >= 11 is 7.71. The van der Waals surface area contributed by atoms with Crippen LogP contribution >= 0.6 is 34.2 Å². The van der Waals surface area contributed by atoms with Crippen LogP contribution in [0.1, 0.15) is 18.4 Å². The van der Waals surface area contributed by atoms with E-state index >= 15 is 0 Å². The molecule has 0 aliphatic rings. The molecule has 0 heterocycles. The molecule has 1 aromatic carbocycles. The Morgan fingerprint density at radius 3 is 2.65 bits per heavy atom. The highest BCUT2D eigenvalue weighted by Gasteiger charge is 2.11. The van der Waals surface area contributed by atoms with Crippen molar-refractivity contribution >= 4 is 49.9 Å². The quantitative estimate of drug-likeness (QED) is 0.462. The van der Waals surface area contributed by atoms with E-state index in [1.165, 1.54) is 0 Å². The number of rotatable bonds is 6. The molecule has 0 bridgehead atoms. The normalized spacial score (nSPS) is 11.5. The summed E-state index contributed by atoms with van der Waals surface area (Å²) in [4.78, 5) is 0. The van der Waals surface area contributed by atoms with E-state index in [2.05, 4.69) is 27.3 Å². The van der Waals surface area contributed by atoms with Crippen molar-refractivity contribution in [2.75, 3.05) is 16.4 Å². The second-order valence-electron chi connectivity index (χ2n) is 3.78. The molecule has 0 amide bonds. The van der Waals surface area contributed by atoms with Crippen molar-refractivity contribution in [3.05, 3.63) is 27.3 Å². The van der Waals surface area contributed by atoms with Crippen molar-refractivity contribution in [2.24, 2.45) is 0 Å². The monoisotopic (exact) mass is 387 g/mol. The number of benzene rings is 1. The molecular formula is C11H15ClINO2S. The number of aryl methyl sites for hydroxylation is 1. The highest BCUT2D eigenvalue weighted by molar-refractivity contribution is 14.1. The molecule has 1 aromatic rings. The summed E-state index contributed by atoms with van der Waals surface area (Å²) in [5.41, 5.74) is 1.58. The van der Waals surface area contributed by atoms with Gasteiger partial charge < -0.3 is 0 Å². The number of alkyl halides is 1. The molecule has 6 heteroatoms. The summed E-state index contributed by atoms with van der Waals surface area (Å²) < 4.78 is 27.2. The number of hydrogen-bond donors (Lipinski definition) is 1. The third-order valence-electron chi connectivity index (χ3n) is 2.25. The van der Waals surface area contributed by atoms with Gasteiger partial charge in [0.25, 0.3) is 0 Å². The summed E-state index contributed by atoms with van der Waals surface area (Å²) in [7, 11) is -3.25. The van der Waals surface area contributed by atoms with Crippen LogP contribution in [0.25, 0.3) is 0 Å². The van der Waals surface area contributed by atoms with E-state index in [4.69, 9.17) is 11.6 Å². The zero-order valence-corrected chi connectivity index (χ0v) is 13.3. The Labute approximate surface area is 121 Å². The van der Waals surface area contributed by atoms with E-state index in [1.54, 1.807) is 6.07 Å². The lowest BCUT2D eigenvalue weighted by molar-refractivity contribution is 0.598. The maximum atomic E-state index is 11.8. The third-order valence-corrected chi connectivity index (χ3v) is 4.55. The smallest absolute Gasteiger partial charge is 0.232 e. The minimum absolute atomic E-state index is 0.116. The molecule has 96 valence electrons. The Morgan fingerprint density at radius 1 is 1.35 bits per heavy atom. The Morgan fingerprint density at radius 2 is 2.06 bits per heavy atom. The molecule has 1 rings (SSSR count). The first-order valence-corrected chi connectivity index (χ1v) is 8.54. The van der Waals surface area contributed by atoms with E-state index in [-0.39, 0.29) is 5.75 Å². The summed E-state index contributed by atoms with van der Waals surface area (Å²) in [6.45, 7) is 1.89. The molecular weight excluding hydrogens is 373 g/mol. The highest BCUT2D eigenvalue weighted by Crippen LogP contribution is 2.19. The second kappa shape index (κ2) is 6.80. The molecule has 0 aliphatic heterocycles. The number of sulfonamides is 1. The molecule has 3 nitrogen and oxygen atoms in total. The van der Waals surface area contributed by atoms with Gasteiger partial charge in [0, 0.05) is 9.45 Å². The summed E-state index contributed by atoms with van der Waals surface area (Å²) in [6, 6.07) is 5.61. The van der Waals surface area contributed by atoms with Gasteiger partial charge >= 0.3 is 0 Å². The molecule has 17 heavy (non-hydrogen) atoms. The molecule has 0 saturated carbocycles. The number of nitrogens with one attached hydrogen (secondary N) is 1. The van der Waals surface area contributed by atoms with Crippen molar-refractivity contribution in [1.29, 1.82) is 0 Å². The first-order valence-electron chi connectivity index (χ1n) is 5.27. The molecule has 0 saturated heterocycles. The third kappa shape index (κ3) is 5.44. The van der Waals surface area contributed by atoms with E-state index < -0.39 is 10.0 Å². The van der Waals surface area contributed by atoms with Crippen LogP contribution in [0.4, 0.5) is 5.69 Å². The van der Waals surface area contributed by atoms with Gasteiger partial charge in [-0.1, -0.05) is 0 Å². The number of unbranched alkanes of at least 4 members (excludes halogenated alkanes) is 1. The predicted octanol–water partition coefficient (Wildman–Crippen LogP) is 3.36. The van der Waals surface area contributed by atoms with Crippen molar-refractivity contribution in [3.63, 3.8) is 0 Å². The lowest BCUT2D eigenvalue weighted by Gasteiger charge is -2.10. The highest BCUT2D eigenvalue weighted by atomic mass is 127. The van der Waals surface area contributed by atoms with Crippen molar-refractivity contribution in [3.8, 4) is 0 Å². The molecule has 0 atom stereocenters. The van der Waals surface area contributed by atoms with Crippen LogP contribution in [0.2, 0.25) is 0 Å². The van der Waals surface area contributed by atoms with Gasteiger partial charge in [-0.2, -0.15) is 0 Å². The van der Waals surface area contributed by atoms with Gasteiger partial charge in [-0.25, -0.2) is 8.42 Å². The zero-order chi connectivity index (χ0) is 12.9. The van der Waals surface area contributed by atoms with Crippen LogP contribution in [0.15, 0.2) is 18.2 Å². The lowest BCUT2D eigenvalue weighted by Crippen LogP contribution is -2.17. The average molecular weight is 388 g/mol. The SMILES string of the molecule is Cc1cc(I)ccc1NS(=O)(=O)CCCCCl. The van der Waals surface area contributed by atoms with Crippen LogP contribution in [-0.2, 0) is 10.0 Å². The molecule has 0 spiro atoms. The Balaban J connectivity index is 2.69. The second-order valence-corrected chi connectivity index (χ2v) is 7.24. The fourth-order valence-corrected chi connectivity index (χ4v) is 3.43. The van der Waals surface area contributed by atoms with Gasteiger partial charge in [-0.15, -0.1) is 11.6 Å². The fourth-order valence-electron chi connectivity index (χ4n) is 1.35. The molecule has 0 aromatic heterocycles. The topological polar surface area (TPSA) is 46.2 Å². The van der Waals surface area contributed by atoms with E-state index in [0.717, 1.165) is 9.13 Å². The van der Waals surface area contributed by atoms with Gasteiger partial charge in [0.1, 0.15) is 0 Å². The number of halogens is 2. The van der Waals surface area contributed by atoms with E-state index in [9.17, 15) is 8.42 Å². The first kappa shape index (κ1) is 15.0. The van der Waals surface area contributed by atoms with Gasteiger partial charge in [-0.3, -0.25) is 4.72 Å². The standard InChI is InChI=1S/C11H15ClINO2S/c1-9-8-10(13)4-5-11(9)14-17(15,16)7-3-2-6-12/h4-5,8,14H,2-3,6-7H2,1H3. The molecule has 0 aliphatic carbocycles. The Hall–Kier alpha value is -0.0100. The minimum Gasteiger partial charge on any atom is -0.283 e. The fraction of sp³-hybridized carbons (Fsp3) is 0.455. The minimum atomic E-state index is -3.25. The van der Waals surface area contributed by atoms with Crippen LogP contribution in [-0.4, -0.2) is 20.1 Å². The van der Waals surface area contributed by atoms with Crippen molar-refractivity contribution in [2.45, 2.75) is 19.8 Å². The maximum absolute atomic E-state index is 11.8. The average Bonchev–Trinajstić information content (AvgIpc) is 2.22. The van der Waals surface area contributed by atoms with Gasteiger partial charge in [0.05, 0.1) is 11.4 Å². The number of anilines is 1. The molecule has 0 fully saturated rings. The van der Waals surface area contributed by atoms with Gasteiger partial charge in [0.2, 0.25) is 10.0 Å². The Bertz CT molecular complexity index is 476. The summed E-state index contributed by atoms with van der Waals surface area (Å²) in [6.07, 6.45) is 1.30. The van der Waals surface area contributed by atoms with Crippen LogP contribution in [0.5, 0.6) is 0 Å². The maximum Gasteiger partial charge on any atom is 0.232 e. The van der Waals surface area contributed by atoms with Crippen molar-refractivity contribution in [1.82, 2.24) is 0 Å². The lowest BCUT2D eigenvalue weighted by atomic mass is 10.2. The molecule has 0 unspecified atom stereocenters. The molecule has 1 N–H and O–H groups in total. The van der Waals surface area contributed by atoms with Crippen LogP contribution < -0.4 is 4.72 Å². The first-order chi connectivity index (χ1) is 7.94. The molecule has 0 radical (unpaired) electrons. The van der Waals surface area contributed by atoms with E-state index in [0.29, 0.717) is 24.4 Å².